The maximum atomic E-state index is 12.5. The van der Waals surface area contributed by atoms with Crippen molar-refractivity contribution >= 4 is 23.6 Å². The summed E-state index contributed by atoms with van der Waals surface area (Å²) in [6.07, 6.45) is 1.00. The number of hydrogen-bond donors (Lipinski definition) is 4. The highest BCUT2D eigenvalue weighted by Crippen LogP contribution is 2.10. The number of nitrogens with one attached hydrogen (secondary N) is 4. The first kappa shape index (κ1) is 21.0. The second-order valence-electron chi connectivity index (χ2n) is 6.82. The van der Waals surface area contributed by atoms with Gasteiger partial charge in [0.15, 0.2) is 0 Å². The summed E-state index contributed by atoms with van der Waals surface area (Å²) in [7, 11) is 0. The SMILES string of the molecule is O=C1NCCCNC(=O)c2ccccc2C(=O)NCCCNC(=O)c2ccccc21. The van der Waals surface area contributed by atoms with Gasteiger partial charge in [-0.15, -0.1) is 0 Å². The van der Waals surface area contributed by atoms with E-state index in [2.05, 4.69) is 21.3 Å². The lowest BCUT2D eigenvalue weighted by atomic mass is 10.1. The monoisotopic (exact) mass is 408 g/mol. The molecule has 0 spiro atoms. The van der Waals surface area contributed by atoms with Gasteiger partial charge in [0.05, 0.1) is 22.3 Å². The van der Waals surface area contributed by atoms with Gasteiger partial charge in [0.25, 0.3) is 23.6 Å². The maximum Gasteiger partial charge on any atom is 0.252 e. The van der Waals surface area contributed by atoms with Crippen molar-refractivity contribution in [3.05, 3.63) is 70.8 Å². The van der Waals surface area contributed by atoms with Crippen molar-refractivity contribution in [3.63, 3.8) is 0 Å². The lowest BCUT2D eigenvalue weighted by Crippen LogP contribution is -2.35. The second kappa shape index (κ2) is 10.2. The number of benzene rings is 2. The van der Waals surface area contributed by atoms with E-state index in [4.69, 9.17) is 0 Å². The zero-order chi connectivity index (χ0) is 21.3. The minimum atomic E-state index is -0.342. The molecule has 0 radical (unpaired) electrons. The van der Waals surface area contributed by atoms with Crippen LogP contribution in [0.5, 0.6) is 0 Å². The molecule has 0 aromatic heterocycles. The van der Waals surface area contributed by atoms with Gasteiger partial charge in [-0.25, -0.2) is 0 Å². The molecule has 30 heavy (non-hydrogen) atoms. The molecule has 0 atom stereocenters. The molecule has 2 aromatic rings. The van der Waals surface area contributed by atoms with Crippen molar-refractivity contribution in [2.24, 2.45) is 0 Å². The van der Waals surface area contributed by atoms with E-state index in [0.717, 1.165) is 0 Å². The van der Waals surface area contributed by atoms with Crippen LogP contribution in [0.1, 0.15) is 54.3 Å². The molecule has 3 rings (SSSR count). The molecule has 1 heterocycles. The van der Waals surface area contributed by atoms with Crippen molar-refractivity contribution in [3.8, 4) is 0 Å². The Labute approximate surface area is 174 Å². The average molecular weight is 408 g/mol. The maximum absolute atomic E-state index is 12.5. The van der Waals surface area contributed by atoms with E-state index in [-0.39, 0.29) is 23.6 Å². The van der Waals surface area contributed by atoms with E-state index in [9.17, 15) is 19.2 Å². The Balaban J connectivity index is 1.75. The van der Waals surface area contributed by atoms with Crippen LogP contribution in [0.3, 0.4) is 0 Å². The Bertz CT molecular complexity index is 806. The highest BCUT2D eigenvalue weighted by Gasteiger charge is 2.18. The van der Waals surface area contributed by atoms with Gasteiger partial charge < -0.3 is 21.3 Å². The van der Waals surface area contributed by atoms with Crippen LogP contribution in [-0.4, -0.2) is 49.8 Å². The van der Waals surface area contributed by atoms with Crippen molar-refractivity contribution in [1.29, 1.82) is 0 Å². The number of fused-ring (bicyclic) bond motifs is 2. The van der Waals surface area contributed by atoms with Crippen LogP contribution in [-0.2, 0) is 0 Å². The van der Waals surface area contributed by atoms with Crippen LogP contribution in [0, 0.1) is 0 Å². The molecule has 0 aliphatic carbocycles. The van der Waals surface area contributed by atoms with E-state index in [1.807, 2.05) is 0 Å². The summed E-state index contributed by atoms with van der Waals surface area (Å²) in [6, 6.07) is 13.2. The van der Waals surface area contributed by atoms with Crippen LogP contribution in [0.25, 0.3) is 0 Å². The van der Waals surface area contributed by atoms with Crippen molar-refractivity contribution in [2.45, 2.75) is 12.8 Å². The second-order valence-corrected chi connectivity index (χ2v) is 6.82. The third kappa shape index (κ3) is 5.22. The molecule has 0 saturated heterocycles. The molecular weight excluding hydrogens is 384 g/mol. The van der Waals surface area contributed by atoms with Gasteiger partial charge in [-0.05, 0) is 37.1 Å². The predicted octanol–water partition coefficient (Wildman–Crippen LogP) is 1.10. The minimum Gasteiger partial charge on any atom is -0.352 e. The first-order chi connectivity index (χ1) is 14.6. The zero-order valence-corrected chi connectivity index (χ0v) is 16.5. The lowest BCUT2D eigenvalue weighted by molar-refractivity contribution is 0.0909. The standard InChI is InChI=1S/C22H24N4O4/c27-19-15-7-1-2-8-16(15)20(28)24-12-6-14-26-22(30)18-10-4-3-9-17(18)21(29)25-13-5-11-23-19/h1-4,7-10H,5-6,11-14H2,(H,23,27)(H,24,28)(H,25,29)(H,26,30). The number of amides is 4. The Hall–Kier alpha value is -3.68. The Morgan fingerprint density at radius 3 is 0.900 bits per heavy atom. The van der Waals surface area contributed by atoms with E-state index in [1.54, 1.807) is 48.5 Å². The quantitative estimate of drug-likeness (QED) is 0.522. The highest BCUT2D eigenvalue weighted by molar-refractivity contribution is 6.08. The molecule has 156 valence electrons. The summed E-state index contributed by atoms with van der Waals surface area (Å²) in [5, 5.41) is 11.1. The molecule has 2 aromatic carbocycles. The van der Waals surface area contributed by atoms with E-state index >= 15 is 0 Å². The van der Waals surface area contributed by atoms with Gasteiger partial charge in [-0.1, -0.05) is 24.3 Å². The molecular formula is C22H24N4O4. The first-order valence-electron chi connectivity index (χ1n) is 9.89. The van der Waals surface area contributed by atoms with Crippen LogP contribution in [0.15, 0.2) is 48.5 Å². The van der Waals surface area contributed by atoms with Crippen molar-refractivity contribution < 1.29 is 19.2 Å². The Kier molecular flexibility index (Phi) is 7.15. The predicted molar refractivity (Wildman–Crippen MR) is 111 cm³/mol. The first-order valence-corrected chi connectivity index (χ1v) is 9.89. The fourth-order valence-electron chi connectivity index (χ4n) is 3.12. The largest absolute Gasteiger partial charge is 0.352 e. The molecule has 4 amide bonds. The van der Waals surface area contributed by atoms with E-state index in [0.29, 0.717) is 61.3 Å². The molecule has 8 heteroatoms. The smallest absolute Gasteiger partial charge is 0.252 e. The zero-order valence-electron chi connectivity index (χ0n) is 16.5. The fourth-order valence-corrected chi connectivity index (χ4v) is 3.12. The molecule has 0 unspecified atom stereocenters. The van der Waals surface area contributed by atoms with Crippen LogP contribution >= 0.6 is 0 Å². The average Bonchev–Trinajstić information content (AvgIpc) is 2.77. The summed E-state index contributed by atoms with van der Waals surface area (Å²) >= 11 is 0. The van der Waals surface area contributed by atoms with Gasteiger partial charge in [-0.3, -0.25) is 19.2 Å². The molecule has 8 nitrogen and oxygen atoms in total. The normalized spacial score (nSPS) is 16.5. The highest BCUT2D eigenvalue weighted by atomic mass is 16.2. The summed E-state index contributed by atoms with van der Waals surface area (Å²) < 4.78 is 0. The van der Waals surface area contributed by atoms with Crippen molar-refractivity contribution in [1.82, 2.24) is 21.3 Å². The topological polar surface area (TPSA) is 116 Å². The molecule has 0 saturated carbocycles. The van der Waals surface area contributed by atoms with Gasteiger partial charge in [0.1, 0.15) is 0 Å². The molecule has 0 fully saturated rings. The number of rotatable bonds is 0. The third-order valence-corrected chi connectivity index (χ3v) is 4.68. The molecule has 1 aliphatic heterocycles. The summed E-state index contributed by atoms with van der Waals surface area (Å²) in [4.78, 5) is 49.9. The van der Waals surface area contributed by atoms with E-state index < -0.39 is 0 Å². The number of carbonyl (C=O) groups excluding carboxylic acids is 4. The Morgan fingerprint density at radius 2 is 0.667 bits per heavy atom. The van der Waals surface area contributed by atoms with Gasteiger partial charge in [0, 0.05) is 26.2 Å². The van der Waals surface area contributed by atoms with Crippen LogP contribution < -0.4 is 21.3 Å². The summed E-state index contributed by atoms with van der Waals surface area (Å²) in [5.74, 6) is -1.37. The summed E-state index contributed by atoms with van der Waals surface area (Å²) in [5.41, 5.74) is 1.18. The Morgan fingerprint density at radius 1 is 0.433 bits per heavy atom. The van der Waals surface area contributed by atoms with Gasteiger partial charge in [0.2, 0.25) is 0 Å². The number of hydrogen-bond acceptors (Lipinski definition) is 4. The van der Waals surface area contributed by atoms with E-state index in [1.165, 1.54) is 0 Å². The van der Waals surface area contributed by atoms with Crippen molar-refractivity contribution in [2.75, 3.05) is 26.2 Å². The fraction of sp³-hybridized carbons (Fsp3) is 0.273. The number of carbonyl (C=O) groups is 4. The molecule has 1 aliphatic rings. The van der Waals surface area contributed by atoms with Gasteiger partial charge in [-0.2, -0.15) is 0 Å². The molecule has 4 N–H and O–H groups in total. The minimum absolute atomic E-state index is 0.294. The summed E-state index contributed by atoms with van der Waals surface area (Å²) in [6.45, 7) is 1.32. The van der Waals surface area contributed by atoms with Gasteiger partial charge >= 0.3 is 0 Å². The third-order valence-electron chi connectivity index (χ3n) is 4.68. The van der Waals surface area contributed by atoms with Crippen LogP contribution in [0.4, 0.5) is 0 Å². The van der Waals surface area contributed by atoms with Crippen LogP contribution in [0.2, 0.25) is 0 Å². The lowest BCUT2D eigenvalue weighted by Gasteiger charge is -2.13. The molecule has 0 bridgehead atoms.